The zero-order chi connectivity index (χ0) is 6.69. The summed E-state index contributed by atoms with van der Waals surface area (Å²) < 4.78 is 4.92. The lowest BCUT2D eigenvalue weighted by Crippen LogP contribution is -1.86. The highest BCUT2D eigenvalue weighted by atomic mass is 35.5. The molecule has 64 valence electrons. The van der Waals surface area contributed by atoms with Gasteiger partial charge in [0.05, 0.1) is 7.11 Å². The van der Waals surface area contributed by atoms with E-state index in [0.29, 0.717) is 0 Å². The topological polar surface area (TPSA) is 35.2 Å². The SMILES string of the molecule is COc1cccc(N)c1.Cl.Cl. The predicted octanol–water partition coefficient (Wildman–Crippen LogP) is 2.12. The van der Waals surface area contributed by atoms with Crippen LogP contribution in [0.3, 0.4) is 0 Å². The molecule has 0 aliphatic heterocycles. The monoisotopic (exact) mass is 195 g/mol. The fraction of sp³-hybridized carbons (Fsp3) is 0.143. The third kappa shape index (κ3) is 3.96. The van der Waals surface area contributed by atoms with Gasteiger partial charge in [0.15, 0.2) is 0 Å². The van der Waals surface area contributed by atoms with Gasteiger partial charge in [-0.25, -0.2) is 0 Å². The van der Waals surface area contributed by atoms with E-state index in [1.807, 2.05) is 18.2 Å². The summed E-state index contributed by atoms with van der Waals surface area (Å²) in [5, 5.41) is 0. The smallest absolute Gasteiger partial charge is 0.120 e. The first kappa shape index (κ1) is 13.0. The summed E-state index contributed by atoms with van der Waals surface area (Å²) in [4.78, 5) is 0. The minimum absolute atomic E-state index is 0. The molecule has 0 saturated carbocycles. The fourth-order valence-corrected chi connectivity index (χ4v) is 0.642. The minimum atomic E-state index is 0. The van der Waals surface area contributed by atoms with Crippen LogP contribution in [0.5, 0.6) is 5.75 Å². The number of halogens is 2. The summed E-state index contributed by atoms with van der Waals surface area (Å²) in [5.41, 5.74) is 6.19. The van der Waals surface area contributed by atoms with Crippen LogP contribution < -0.4 is 10.5 Å². The van der Waals surface area contributed by atoms with E-state index in [1.165, 1.54) is 0 Å². The molecule has 0 fully saturated rings. The number of methoxy groups -OCH3 is 1. The first-order valence-electron chi connectivity index (χ1n) is 2.72. The Labute approximate surface area is 78.6 Å². The molecule has 0 radical (unpaired) electrons. The number of hydrogen-bond acceptors (Lipinski definition) is 2. The van der Waals surface area contributed by atoms with Crippen LogP contribution >= 0.6 is 24.8 Å². The van der Waals surface area contributed by atoms with E-state index in [9.17, 15) is 0 Å². The zero-order valence-corrected chi connectivity index (χ0v) is 7.74. The molecule has 0 aromatic heterocycles. The average Bonchev–Trinajstić information content (AvgIpc) is 1.88. The number of rotatable bonds is 1. The van der Waals surface area contributed by atoms with Crippen molar-refractivity contribution in [1.29, 1.82) is 0 Å². The molecule has 0 unspecified atom stereocenters. The van der Waals surface area contributed by atoms with Crippen LogP contribution in [0.1, 0.15) is 0 Å². The molecule has 1 rings (SSSR count). The van der Waals surface area contributed by atoms with Crippen molar-refractivity contribution >= 4 is 30.5 Å². The maximum absolute atomic E-state index is 5.45. The highest BCUT2D eigenvalue weighted by molar-refractivity contribution is 5.85. The Morgan fingerprint density at radius 1 is 1.27 bits per heavy atom. The van der Waals surface area contributed by atoms with Gasteiger partial charge in [0, 0.05) is 11.8 Å². The van der Waals surface area contributed by atoms with E-state index in [0.717, 1.165) is 11.4 Å². The Morgan fingerprint density at radius 3 is 2.27 bits per heavy atom. The number of anilines is 1. The van der Waals surface area contributed by atoms with Crippen molar-refractivity contribution in [2.75, 3.05) is 12.8 Å². The van der Waals surface area contributed by atoms with E-state index < -0.39 is 0 Å². The Kier molecular flexibility index (Phi) is 7.26. The van der Waals surface area contributed by atoms with Gasteiger partial charge in [-0.2, -0.15) is 0 Å². The van der Waals surface area contributed by atoms with E-state index in [4.69, 9.17) is 10.5 Å². The molecule has 0 aliphatic carbocycles. The van der Waals surface area contributed by atoms with Crippen LogP contribution in [0.2, 0.25) is 0 Å². The van der Waals surface area contributed by atoms with Gasteiger partial charge in [-0.05, 0) is 12.1 Å². The van der Waals surface area contributed by atoms with Crippen LogP contribution in [0.4, 0.5) is 5.69 Å². The standard InChI is InChI=1S/C7H9NO.2ClH/c1-9-7-4-2-3-6(8)5-7;;/h2-5H,8H2,1H3;2*1H. The van der Waals surface area contributed by atoms with Crippen molar-refractivity contribution < 1.29 is 4.74 Å². The summed E-state index contributed by atoms with van der Waals surface area (Å²) in [7, 11) is 1.62. The third-order valence-electron chi connectivity index (χ3n) is 1.09. The lowest BCUT2D eigenvalue weighted by Gasteiger charge is -1.97. The number of hydrogen-bond donors (Lipinski definition) is 1. The van der Waals surface area contributed by atoms with Crippen LogP contribution in [0, 0.1) is 0 Å². The fourth-order valence-electron chi connectivity index (χ4n) is 0.642. The van der Waals surface area contributed by atoms with E-state index in [-0.39, 0.29) is 24.8 Å². The molecular weight excluding hydrogens is 185 g/mol. The van der Waals surface area contributed by atoms with E-state index >= 15 is 0 Å². The Balaban J connectivity index is 0. The average molecular weight is 196 g/mol. The molecule has 1 aromatic rings. The number of benzene rings is 1. The molecule has 0 heterocycles. The van der Waals surface area contributed by atoms with Crippen molar-refractivity contribution in [3.8, 4) is 5.75 Å². The van der Waals surface area contributed by atoms with Crippen LogP contribution in [-0.2, 0) is 0 Å². The predicted molar refractivity (Wildman–Crippen MR) is 51.9 cm³/mol. The number of nitrogen functional groups attached to an aromatic ring is 1. The third-order valence-corrected chi connectivity index (χ3v) is 1.09. The summed E-state index contributed by atoms with van der Waals surface area (Å²) in [5.74, 6) is 0.801. The second-order valence-corrected chi connectivity index (χ2v) is 1.78. The normalized spacial score (nSPS) is 7.36. The van der Waals surface area contributed by atoms with E-state index in [2.05, 4.69) is 0 Å². The molecule has 4 heteroatoms. The van der Waals surface area contributed by atoms with Gasteiger partial charge in [0.1, 0.15) is 5.75 Å². The van der Waals surface area contributed by atoms with Crippen molar-refractivity contribution in [2.24, 2.45) is 0 Å². The second kappa shape index (κ2) is 6.13. The number of ether oxygens (including phenoxy) is 1. The minimum Gasteiger partial charge on any atom is -0.497 e. The molecule has 0 bridgehead atoms. The van der Waals surface area contributed by atoms with Gasteiger partial charge in [-0.1, -0.05) is 6.07 Å². The molecular formula is C7H11Cl2NO. The summed E-state index contributed by atoms with van der Waals surface area (Å²) in [6, 6.07) is 7.31. The Hall–Kier alpha value is -0.600. The Bertz CT molecular complexity index is 205. The lowest BCUT2D eigenvalue weighted by atomic mass is 10.3. The van der Waals surface area contributed by atoms with Gasteiger partial charge in [0.2, 0.25) is 0 Å². The van der Waals surface area contributed by atoms with E-state index in [1.54, 1.807) is 13.2 Å². The van der Waals surface area contributed by atoms with Gasteiger partial charge < -0.3 is 10.5 Å². The largest absolute Gasteiger partial charge is 0.497 e. The number of nitrogens with two attached hydrogens (primary N) is 1. The summed E-state index contributed by atoms with van der Waals surface area (Å²) in [6.07, 6.45) is 0. The van der Waals surface area contributed by atoms with Crippen molar-refractivity contribution in [2.45, 2.75) is 0 Å². The highest BCUT2D eigenvalue weighted by Gasteiger charge is 1.87. The maximum atomic E-state index is 5.45. The van der Waals surface area contributed by atoms with Crippen molar-refractivity contribution in [3.05, 3.63) is 24.3 Å². The van der Waals surface area contributed by atoms with Crippen LogP contribution in [0.25, 0.3) is 0 Å². The van der Waals surface area contributed by atoms with Gasteiger partial charge in [0.25, 0.3) is 0 Å². The van der Waals surface area contributed by atoms with Gasteiger partial charge in [-0.15, -0.1) is 24.8 Å². The molecule has 0 amide bonds. The van der Waals surface area contributed by atoms with Crippen LogP contribution in [-0.4, -0.2) is 7.11 Å². The van der Waals surface area contributed by atoms with Crippen LogP contribution in [0.15, 0.2) is 24.3 Å². The molecule has 11 heavy (non-hydrogen) atoms. The van der Waals surface area contributed by atoms with Gasteiger partial charge >= 0.3 is 0 Å². The Morgan fingerprint density at radius 2 is 1.91 bits per heavy atom. The first-order valence-corrected chi connectivity index (χ1v) is 2.72. The molecule has 0 spiro atoms. The summed E-state index contributed by atoms with van der Waals surface area (Å²) in [6.45, 7) is 0. The molecule has 1 aromatic carbocycles. The molecule has 0 saturated heterocycles. The highest BCUT2D eigenvalue weighted by Crippen LogP contribution is 2.12. The zero-order valence-electron chi connectivity index (χ0n) is 6.11. The second-order valence-electron chi connectivity index (χ2n) is 1.78. The van der Waals surface area contributed by atoms with Crippen molar-refractivity contribution in [1.82, 2.24) is 0 Å². The lowest BCUT2D eigenvalue weighted by molar-refractivity contribution is 0.415. The molecule has 2 N–H and O–H groups in total. The maximum Gasteiger partial charge on any atom is 0.120 e. The van der Waals surface area contributed by atoms with Gasteiger partial charge in [-0.3, -0.25) is 0 Å². The first-order chi connectivity index (χ1) is 4.33. The van der Waals surface area contributed by atoms with Crippen molar-refractivity contribution in [3.63, 3.8) is 0 Å². The quantitative estimate of drug-likeness (QED) is 0.698. The molecule has 0 aliphatic rings. The molecule has 0 atom stereocenters. The summed E-state index contributed by atoms with van der Waals surface area (Å²) >= 11 is 0. The molecule has 2 nitrogen and oxygen atoms in total.